The standard InChI is InChI=1S/C7H5ClFN3S/c8-4-1-3(9)2-5-6(4)11-7(12-10)13-5/h1-2H,10H2,(H,11,12). The Morgan fingerprint density at radius 2 is 2.31 bits per heavy atom. The minimum Gasteiger partial charge on any atom is -0.300 e. The van der Waals surface area contributed by atoms with Crippen LogP contribution in [0.5, 0.6) is 0 Å². The van der Waals surface area contributed by atoms with Crippen LogP contribution in [-0.2, 0) is 0 Å². The van der Waals surface area contributed by atoms with E-state index in [0.717, 1.165) is 0 Å². The predicted octanol–water partition coefficient (Wildman–Crippen LogP) is 2.37. The van der Waals surface area contributed by atoms with Crippen LogP contribution in [0.15, 0.2) is 12.1 Å². The van der Waals surface area contributed by atoms with E-state index in [0.29, 0.717) is 20.4 Å². The molecule has 0 atom stereocenters. The molecule has 2 rings (SSSR count). The molecule has 0 aliphatic rings. The largest absolute Gasteiger partial charge is 0.300 e. The third-order valence-corrected chi connectivity index (χ3v) is 2.76. The van der Waals surface area contributed by atoms with Crippen LogP contribution in [0.4, 0.5) is 9.52 Å². The Kier molecular flexibility index (Phi) is 2.07. The van der Waals surface area contributed by atoms with Crippen molar-refractivity contribution in [2.24, 2.45) is 5.84 Å². The Morgan fingerprint density at radius 3 is 3.00 bits per heavy atom. The van der Waals surface area contributed by atoms with E-state index in [4.69, 9.17) is 17.4 Å². The maximum absolute atomic E-state index is 12.9. The Hall–Kier alpha value is -0.910. The molecule has 0 saturated carbocycles. The lowest BCUT2D eigenvalue weighted by Gasteiger charge is -1.91. The third-order valence-electron chi connectivity index (χ3n) is 1.54. The molecule has 0 unspecified atom stereocenters. The van der Waals surface area contributed by atoms with Crippen LogP contribution in [0.1, 0.15) is 0 Å². The van der Waals surface area contributed by atoms with Gasteiger partial charge in [0, 0.05) is 0 Å². The SMILES string of the molecule is NNc1nc2c(Cl)cc(F)cc2s1. The number of nitrogen functional groups attached to an aromatic ring is 1. The van der Waals surface area contributed by atoms with Crippen molar-refractivity contribution in [3.63, 3.8) is 0 Å². The number of halogens is 2. The highest BCUT2D eigenvalue weighted by molar-refractivity contribution is 7.22. The molecule has 0 aliphatic carbocycles. The van der Waals surface area contributed by atoms with E-state index in [1.54, 1.807) is 0 Å². The summed E-state index contributed by atoms with van der Waals surface area (Å²) >= 11 is 7.02. The number of hydrogen-bond donors (Lipinski definition) is 2. The zero-order valence-corrected chi connectivity index (χ0v) is 7.92. The van der Waals surface area contributed by atoms with E-state index in [1.807, 2.05) is 0 Å². The van der Waals surface area contributed by atoms with Crippen LogP contribution in [0, 0.1) is 5.82 Å². The molecule has 1 aromatic heterocycles. The number of benzene rings is 1. The highest BCUT2D eigenvalue weighted by Crippen LogP contribution is 2.31. The molecule has 3 nitrogen and oxygen atoms in total. The lowest BCUT2D eigenvalue weighted by Crippen LogP contribution is -2.05. The van der Waals surface area contributed by atoms with Gasteiger partial charge in [-0.15, -0.1) is 0 Å². The third kappa shape index (κ3) is 1.46. The molecule has 0 spiro atoms. The smallest absolute Gasteiger partial charge is 0.198 e. The molecular weight excluding hydrogens is 213 g/mol. The zero-order chi connectivity index (χ0) is 9.42. The van der Waals surface area contributed by atoms with Gasteiger partial charge >= 0.3 is 0 Å². The average Bonchev–Trinajstić information content (AvgIpc) is 2.47. The summed E-state index contributed by atoms with van der Waals surface area (Å²) in [7, 11) is 0. The van der Waals surface area contributed by atoms with Gasteiger partial charge in [-0.25, -0.2) is 15.2 Å². The Labute approximate surface area is 82.3 Å². The van der Waals surface area contributed by atoms with Crippen molar-refractivity contribution < 1.29 is 4.39 Å². The Morgan fingerprint density at radius 1 is 1.54 bits per heavy atom. The minimum atomic E-state index is -0.371. The molecule has 3 N–H and O–H groups in total. The molecule has 0 radical (unpaired) electrons. The van der Waals surface area contributed by atoms with Gasteiger partial charge in [-0.1, -0.05) is 22.9 Å². The van der Waals surface area contributed by atoms with Crippen LogP contribution in [0.2, 0.25) is 5.02 Å². The second-order valence-corrected chi connectivity index (χ2v) is 3.84. The average molecular weight is 218 g/mol. The maximum atomic E-state index is 12.9. The molecule has 0 bridgehead atoms. The first kappa shape index (κ1) is 8.68. The summed E-state index contributed by atoms with van der Waals surface area (Å²) in [5.74, 6) is 4.79. The number of anilines is 1. The lowest BCUT2D eigenvalue weighted by molar-refractivity contribution is 0.630. The van der Waals surface area contributed by atoms with Gasteiger partial charge in [-0.2, -0.15) is 0 Å². The summed E-state index contributed by atoms with van der Waals surface area (Å²) < 4.78 is 13.5. The molecule has 0 saturated heterocycles. The summed E-state index contributed by atoms with van der Waals surface area (Å²) in [5.41, 5.74) is 2.96. The van der Waals surface area contributed by atoms with E-state index in [-0.39, 0.29) is 5.82 Å². The number of hydrazine groups is 1. The van der Waals surface area contributed by atoms with Gasteiger partial charge < -0.3 is 0 Å². The van der Waals surface area contributed by atoms with Crippen molar-refractivity contribution in [1.29, 1.82) is 0 Å². The maximum Gasteiger partial charge on any atom is 0.198 e. The van der Waals surface area contributed by atoms with Crippen LogP contribution in [0.3, 0.4) is 0 Å². The monoisotopic (exact) mass is 217 g/mol. The Balaban J connectivity index is 2.75. The normalized spacial score (nSPS) is 10.7. The van der Waals surface area contributed by atoms with Crippen LogP contribution >= 0.6 is 22.9 Å². The fourth-order valence-corrected chi connectivity index (χ4v) is 2.15. The highest BCUT2D eigenvalue weighted by Gasteiger charge is 2.07. The minimum absolute atomic E-state index is 0.299. The summed E-state index contributed by atoms with van der Waals surface area (Å²) in [6.45, 7) is 0. The van der Waals surface area contributed by atoms with Crippen LogP contribution in [-0.4, -0.2) is 4.98 Å². The molecule has 13 heavy (non-hydrogen) atoms. The number of nitrogens with two attached hydrogens (primary N) is 1. The van der Waals surface area contributed by atoms with E-state index >= 15 is 0 Å². The summed E-state index contributed by atoms with van der Waals surface area (Å²) in [5, 5.41) is 0.815. The number of rotatable bonds is 1. The van der Waals surface area contributed by atoms with Gasteiger partial charge in [-0.05, 0) is 12.1 Å². The highest BCUT2D eigenvalue weighted by atomic mass is 35.5. The molecule has 1 aromatic carbocycles. The molecule has 6 heteroatoms. The number of thiazole rings is 1. The molecule has 0 fully saturated rings. The fourth-order valence-electron chi connectivity index (χ4n) is 1.02. The van der Waals surface area contributed by atoms with E-state index in [9.17, 15) is 4.39 Å². The molecule has 0 aliphatic heterocycles. The summed E-state index contributed by atoms with van der Waals surface area (Å²) in [6.07, 6.45) is 0. The number of hydrogen-bond acceptors (Lipinski definition) is 4. The predicted molar refractivity (Wildman–Crippen MR) is 52.4 cm³/mol. The second-order valence-electron chi connectivity index (χ2n) is 2.40. The molecule has 1 heterocycles. The first-order chi connectivity index (χ1) is 6.20. The lowest BCUT2D eigenvalue weighted by atomic mass is 10.3. The number of aromatic nitrogens is 1. The van der Waals surface area contributed by atoms with Crippen molar-refractivity contribution in [2.45, 2.75) is 0 Å². The topological polar surface area (TPSA) is 50.9 Å². The first-order valence-corrected chi connectivity index (χ1v) is 4.62. The van der Waals surface area contributed by atoms with Gasteiger partial charge in [-0.3, -0.25) is 5.43 Å². The first-order valence-electron chi connectivity index (χ1n) is 3.43. The van der Waals surface area contributed by atoms with Crippen molar-refractivity contribution in [3.05, 3.63) is 23.0 Å². The van der Waals surface area contributed by atoms with Crippen LogP contribution in [0.25, 0.3) is 10.2 Å². The van der Waals surface area contributed by atoms with Crippen molar-refractivity contribution in [2.75, 3.05) is 5.43 Å². The van der Waals surface area contributed by atoms with E-state index in [1.165, 1.54) is 23.5 Å². The Bertz CT molecular complexity index is 456. The molecule has 0 amide bonds. The number of nitrogens with one attached hydrogen (secondary N) is 1. The van der Waals surface area contributed by atoms with E-state index in [2.05, 4.69) is 10.4 Å². The van der Waals surface area contributed by atoms with Crippen molar-refractivity contribution >= 4 is 38.3 Å². The van der Waals surface area contributed by atoms with Crippen molar-refractivity contribution in [1.82, 2.24) is 4.98 Å². The molecular formula is C7H5ClFN3S. The van der Waals surface area contributed by atoms with Gasteiger partial charge in [0.15, 0.2) is 5.13 Å². The van der Waals surface area contributed by atoms with E-state index < -0.39 is 0 Å². The fraction of sp³-hybridized carbons (Fsp3) is 0. The summed E-state index contributed by atoms with van der Waals surface area (Å²) in [6, 6.07) is 2.60. The van der Waals surface area contributed by atoms with Crippen LogP contribution < -0.4 is 11.3 Å². The quantitative estimate of drug-likeness (QED) is 0.570. The molecule has 2 aromatic rings. The summed E-state index contributed by atoms with van der Waals surface area (Å²) in [4.78, 5) is 4.06. The van der Waals surface area contributed by atoms with Gasteiger partial charge in [0.05, 0.1) is 9.72 Å². The van der Waals surface area contributed by atoms with Gasteiger partial charge in [0.1, 0.15) is 11.3 Å². The zero-order valence-electron chi connectivity index (χ0n) is 6.34. The number of fused-ring (bicyclic) bond motifs is 1. The van der Waals surface area contributed by atoms with Gasteiger partial charge in [0.2, 0.25) is 0 Å². The van der Waals surface area contributed by atoms with Gasteiger partial charge in [0.25, 0.3) is 0 Å². The second kappa shape index (κ2) is 3.10. The number of nitrogens with zero attached hydrogens (tertiary/aromatic N) is 1. The van der Waals surface area contributed by atoms with Crippen molar-refractivity contribution in [3.8, 4) is 0 Å². The molecule has 68 valence electrons.